The van der Waals surface area contributed by atoms with Gasteiger partial charge < -0.3 is 14.6 Å². The van der Waals surface area contributed by atoms with Gasteiger partial charge >= 0.3 is 6.09 Å². The second kappa shape index (κ2) is 3.60. The second-order valence-electron chi connectivity index (χ2n) is 5.43. The highest BCUT2D eigenvalue weighted by Gasteiger charge is 2.56. The molecule has 1 aliphatic carbocycles. The molecule has 1 aromatic heterocycles. The summed E-state index contributed by atoms with van der Waals surface area (Å²) in [5, 5.41) is 9.21. The zero-order chi connectivity index (χ0) is 12.9. The molecule has 2 heterocycles. The summed E-state index contributed by atoms with van der Waals surface area (Å²) < 4.78 is 1.53. The number of nitrogens with zero attached hydrogens (tertiary/aromatic N) is 2. The lowest BCUT2D eigenvalue weighted by Crippen LogP contribution is -2.35. The number of aryl methyl sites for hydroxylation is 1. The first kappa shape index (κ1) is 11.3. The first-order valence-electron chi connectivity index (χ1n) is 6.19. The second-order valence-corrected chi connectivity index (χ2v) is 5.43. The van der Waals surface area contributed by atoms with Crippen molar-refractivity contribution < 1.29 is 9.90 Å². The van der Waals surface area contributed by atoms with E-state index in [9.17, 15) is 14.7 Å². The molecule has 2 fully saturated rings. The molecule has 1 atom stereocenters. The lowest BCUT2D eigenvalue weighted by molar-refractivity contribution is 0.135. The molecule has 2 aliphatic rings. The Bertz CT molecular complexity index is 560. The van der Waals surface area contributed by atoms with Crippen molar-refractivity contribution in [2.75, 3.05) is 6.54 Å². The summed E-state index contributed by atoms with van der Waals surface area (Å²) >= 11 is 0. The molecule has 1 saturated heterocycles. The van der Waals surface area contributed by atoms with Crippen molar-refractivity contribution >= 4 is 6.09 Å². The van der Waals surface area contributed by atoms with Crippen LogP contribution in [0.15, 0.2) is 23.1 Å². The number of amides is 1. The lowest BCUT2D eigenvalue weighted by Gasteiger charge is -2.19. The minimum absolute atomic E-state index is 0.0360. The van der Waals surface area contributed by atoms with E-state index in [0.29, 0.717) is 6.54 Å². The van der Waals surface area contributed by atoms with Crippen molar-refractivity contribution in [3.8, 4) is 0 Å². The van der Waals surface area contributed by atoms with E-state index in [2.05, 4.69) is 0 Å². The van der Waals surface area contributed by atoms with Gasteiger partial charge in [-0.05, 0) is 30.9 Å². The molecule has 0 bridgehead atoms. The number of rotatable bonds is 1. The molecule has 1 saturated carbocycles. The summed E-state index contributed by atoms with van der Waals surface area (Å²) in [6.45, 7) is 0.516. The maximum absolute atomic E-state index is 11.6. The van der Waals surface area contributed by atoms with Crippen molar-refractivity contribution in [2.45, 2.75) is 30.7 Å². The van der Waals surface area contributed by atoms with Gasteiger partial charge in [0, 0.05) is 37.3 Å². The average molecular weight is 248 g/mol. The molecule has 5 heteroatoms. The maximum Gasteiger partial charge on any atom is 0.407 e. The Labute approximate surface area is 105 Å². The molecule has 1 amide bonds. The van der Waals surface area contributed by atoms with Gasteiger partial charge in [-0.3, -0.25) is 4.79 Å². The van der Waals surface area contributed by atoms with Crippen LogP contribution in [-0.2, 0) is 7.05 Å². The van der Waals surface area contributed by atoms with E-state index in [-0.39, 0.29) is 17.0 Å². The minimum atomic E-state index is -0.834. The van der Waals surface area contributed by atoms with Crippen LogP contribution >= 0.6 is 0 Å². The zero-order valence-electron chi connectivity index (χ0n) is 10.3. The van der Waals surface area contributed by atoms with Crippen LogP contribution in [0.3, 0.4) is 0 Å². The predicted octanol–water partition coefficient (Wildman–Crippen LogP) is 1.39. The van der Waals surface area contributed by atoms with E-state index in [1.54, 1.807) is 24.2 Å². The van der Waals surface area contributed by atoms with Crippen LogP contribution in [0.1, 0.15) is 30.7 Å². The monoisotopic (exact) mass is 248 g/mol. The number of hydrogen-bond donors (Lipinski definition) is 1. The number of likely N-dealkylation sites (tertiary alicyclic amines) is 1. The van der Waals surface area contributed by atoms with E-state index < -0.39 is 6.09 Å². The Kier molecular flexibility index (Phi) is 2.27. The molecule has 1 N–H and O–H groups in total. The molecular weight excluding hydrogens is 232 g/mol. The molecule has 0 unspecified atom stereocenters. The van der Waals surface area contributed by atoms with Crippen molar-refractivity contribution in [3.63, 3.8) is 0 Å². The van der Waals surface area contributed by atoms with Crippen molar-refractivity contribution in [2.24, 2.45) is 7.05 Å². The van der Waals surface area contributed by atoms with E-state index in [1.165, 1.54) is 4.57 Å². The predicted molar refractivity (Wildman–Crippen MR) is 65.7 cm³/mol. The third kappa shape index (κ3) is 1.62. The maximum atomic E-state index is 11.6. The Hall–Kier alpha value is -1.78. The lowest BCUT2D eigenvalue weighted by atomic mass is 9.96. The van der Waals surface area contributed by atoms with Gasteiger partial charge in [0.25, 0.3) is 5.56 Å². The van der Waals surface area contributed by atoms with Gasteiger partial charge in [-0.25, -0.2) is 4.79 Å². The van der Waals surface area contributed by atoms with E-state index >= 15 is 0 Å². The van der Waals surface area contributed by atoms with Crippen molar-refractivity contribution in [1.29, 1.82) is 0 Å². The Morgan fingerprint density at radius 2 is 2.22 bits per heavy atom. The van der Waals surface area contributed by atoms with Crippen LogP contribution in [0.4, 0.5) is 4.79 Å². The summed E-state index contributed by atoms with van der Waals surface area (Å²) in [5.74, 6) is 0.164. The summed E-state index contributed by atoms with van der Waals surface area (Å²) in [5.41, 5.74) is 0.802. The Morgan fingerprint density at radius 3 is 2.72 bits per heavy atom. The zero-order valence-corrected chi connectivity index (χ0v) is 10.3. The normalized spacial score (nSPS) is 24.5. The molecule has 3 rings (SSSR count). The van der Waals surface area contributed by atoms with Crippen LogP contribution in [0.5, 0.6) is 0 Å². The van der Waals surface area contributed by atoms with E-state index in [0.717, 1.165) is 24.8 Å². The van der Waals surface area contributed by atoms with Crippen molar-refractivity contribution in [3.05, 3.63) is 34.2 Å². The van der Waals surface area contributed by atoms with Gasteiger partial charge in [-0.2, -0.15) is 0 Å². The summed E-state index contributed by atoms with van der Waals surface area (Å²) in [6.07, 6.45) is 3.69. The summed E-state index contributed by atoms with van der Waals surface area (Å²) in [4.78, 5) is 24.4. The standard InChI is InChI=1S/C13H16N2O3/c1-14-5-2-9(6-11(14)16)10-7-13(3-4-13)15(8-10)12(17)18/h2,5-6,10H,3-4,7-8H2,1H3,(H,17,18)/t10-/m1/s1. The first-order chi connectivity index (χ1) is 8.52. The highest BCUT2D eigenvalue weighted by atomic mass is 16.4. The molecule has 1 spiro atoms. The third-order valence-corrected chi connectivity index (χ3v) is 4.26. The molecule has 0 radical (unpaired) electrons. The third-order valence-electron chi connectivity index (χ3n) is 4.26. The molecule has 18 heavy (non-hydrogen) atoms. The highest BCUT2D eigenvalue weighted by molar-refractivity contribution is 5.68. The smallest absolute Gasteiger partial charge is 0.407 e. The molecular formula is C13H16N2O3. The average Bonchev–Trinajstić information content (AvgIpc) is 2.95. The molecule has 1 aliphatic heterocycles. The molecule has 5 nitrogen and oxygen atoms in total. The molecule has 96 valence electrons. The molecule has 1 aromatic rings. The number of carbonyl (C=O) groups is 1. The van der Waals surface area contributed by atoms with Crippen LogP contribution in [-0.4, -0.2) is 32.8 Å². The van der Waals surface area contributed by atoms with Crippen LogP contribution in [0, 0.1) is 0 Å². The highest BCUT2D eigenvalue weighted by Crippen LogP contribution is 2.53. The van der Waals surface area contributed by atoms with Gasteiger partial charge in [0.2, 0.25) is 0 Å². The molecule has 0 aromatic carbocycles. The van der Waals surface area contributed by atoms with E-state index in [4.69, 9.17) is 0 Å². The quantitative estimate of drug-likeness (QED) is 0.816. The van der Waals surface area contributed by atoms with Gasteiger partial charge in [0.1, 0.15) is 0 Å². The summed E-state index contributed by atoms with van der Waals surface area (Å²) in [7, 11) is 1.71. The fraction of sp³-hybridized carbons (Fsp3) is 0.538. The van der Waals surface area contributed by atoms with Crippen molar-refractivity contribution in [1.82, 2.24) is 9.47 Å². The topological polar surface area (TPSA) is 62.5 Å². The largest absolute Gasteiger partial charge is 0.465 e. The fourth-order valence-corrected chi connectivity index (χ4v) is 2.99. The number of aromatic nitrogens is 1. The number of pyridine rings is 1. The SMILES string of the molecule is Cn1ccc([C@H]2CN(C(=O)O)C3(CC3)C2)cc1=O. The van der Waals surface area contributed by atoms with Crippen LogP contribution < -0.4 is 5.56 Å². The van der Waals surface area contributed by atoms with E-state index in [1.807, 2.05) is 6.07 Å². The van der Waals surface area contributed by atoms with Crippen LogP contribution in [0.2, 0.25) is 0 Å². The Morgan fingerprint density at radius 1 is 1.50 bits per heavy atom. The van der Waals surface area contributed by atoms with Gasteiger partial charge in [-0.15, -0.1) is 0 Å². The minimum Gasteiger partial charge on any atom is -0.465 e. The van der Waals surface area contributed by atoms with Gasteiger partial charge in [0.15, 0.2) is 0 Å². The summed E-state index contributed by atoms with van der Waals surface area (Å²) in [6, 6.07) is 3.56. The number of carboxylic acid groups (broad SMARTS) is 1. The van der Waals surface area contributed by atoms with Gasteiger partial charge in [0.05, 0.1) is 0 Å². The van der Waals surface area contributed by atoms with Crippen LogP contribution in [0.25, 0.3) is 0 Å². The fourth-order valence-electron chi connectivity index (χ4n) is 2.99. The van der Waals surface area contributed by atoms with Gasteiger partial charge in [-0.1, -0.05) is 0 Å². The first-order valence-corrected chi connectivity index (χ1v) is 6.19. The number of hydrogen-bond acceptors (Lipinski definition) is 2. The Balaban J connectivity index is 1.89.